The first-order valence-electron chi connectivity index (χ1n) is 6.38. The highest BCUT2D eigenvalue weighted by Gasteiger charge is 2.05. The summed E-state index contributed by atoms with van der Waals surface area (Å²) in [6.45, 7) is 2.90. The lowest BCUT2D eigenvalue weighted by molar-refractivity contribution is 0.346. The van der Waals surface area contributed by atoms with E-state index in [0.29, 0.717) is 24.5 Å². The predicted molar refractivity (Wildman–Crippen MR) is 75.6 cm³/mol. The molecule has 0 aliphatic carbocycles. The average Bonchev–Trinajstić information content (AvgIpc) is 2.72. The summed E-state index contributed by atoms with van der Waals surface area (Å²) in [6, 6.07) is 3.39. The molecule has 21 heavy (non-hydrogen) atoms. The van der Waals surface area contributed by atoms with Crippen LogP contribution < -0.4 is 5.69 Å². The van der Waals surface area contributed by atoms with E-state index in [-0.39, 0.29) is 5.69 Å². The van der Waals surface area contributed by atoms with Crippen molar-refractivity contribution >= 4 is 6.08 Å². The Hall–Kier alpha value is -2.28. The van der Waals surface area contributed by atoms with Gasteiger partial charge >= 0.3 is 5.69 Å². The van der Waals surface area contributed by atoms with Gasteiger partial charge < -0.3 is 0 Å². The summed E-state index contributed by atoms with van der Waals surface area (Å²) in [4.78, 5) is 15.4. The number of aromatic nitrogens is 3. The molecule has 2 N–H and O–H groups in total. The van der Waals surface area contributed by atoms with Gasteiger partial charge in [-0.25, -0.2) is 18.7 Å². The standard InChI is InChI=1S/C14H16F2N4O/c1-9(3-10-4-11(15)6-12(16)5-10)7-20(2)8-13-17-14(21)19-18-13/h3-6H,7-8H2,1-2H3,(H2,17,18,19,21)/b9-3+. The van der Waals surface area contributed by atoms with Crippen molar-refractivity contribution in [3.63, 3.8) is 0 Å². The van der Waals surface area contributed by atoms with Gasteiger partial charge in [0.25, 0.3) is 0 Å². The molecule has 0 saturated carbocycles. The molecule has 0 aliphatic rings. The number of nitrogens with zero attached hydrogens (tertiary/aromatic N) is 2. The van der Waals surface area contributed by atoms with E-state index in [1.54, 1.807) is 6.08 Å². The van der Waals surface area contributed by atoms with Crippen LogP contribution in [0, 0.1) is 11.6 Å². The van der Waals surface area contributed by atoms with Crippen LogP contribution >= 0.6 is 0 Å². The topological polar surface area (TPSA) is 64.8 Å². The fraction of sp³-hybridized carbons (Fsp3) is 0.286. The third-order valence-corrected chi connectivity index (χ3v) is 2.79. The zero-order valence-corrected chi connectivity index (χ0v) is 11.8. The van der Waals surface area contributed by atoms with Crippen LogP contribution in [-0.4, -0.2) is 33.7 Å². The Kier molecular flexibility index (Phi) is 4.64. The molecule has 0 saturated heterocycles. The first kappa shape index (κ1) is 15.1. The molecule has 0 amide bonds. The van der Waals surface area contributed by atoms with Gasteiger partial charge in [0, 0.05) is 12.6 Å². The number of halogens is 2. The molecule has 1 aromatic carbocycles. The van der Waals surface area contributed by atoms with Crippen LogP contribution in [0.5, 0.6) is 0 Å². The fourth-order valence-corrected chi connectivity index (χ4v) is 2.11. The molecule has 0 bridgehead atoms. The van der Waals surface area contributed by atoms with Crippen LogP contribution in [0.15, 0.2) is 28.6 Å². The summed E-state index contributed by atoms with van der Waals surface area (Å²) in [5.74, 6) is -0.667. The molecule has 7 heteroatoms. The second kappa shape index (κ2) is 6.45. The zero-order valence-electron chi connectivity index (χ0n) is 11.8. The van der Waals surface area contributed by atoms with Gasteiger partial charge in [-0.15, -0.1) is 0 Å². The van der Waals surface area contributed by atoms with Gasteiger partial charge in [0.1, 0.15) is 17.5 Å². The van der Waals surface area contributed by atoms with Crippen molar-refractivity contribution in [1.82, 2.24) is 20.1 Å². The number of rotatable bonds is 5. The molecular weight excluding hydrogens is 278 g/mol. The second-order valence-corrected chi connectivity index (χ2v) is 4.99. The predicted octanol–water partition coefficient (Wildman–Crippen LogP) is 1.91. The Morgan fingerprint density at radius 3 is 2.57 bits per heavy atom. The highest BCUT2D eigenvalue weighted by molar-refractivity contribution is 5.52. The maximum absolute atomic E-state index is 13.1. The van der Waals surface area contributed by atoms with E-state index in [9.17, 15) is 13.6 Å². The van der Waals surface area contributed by atoms with E-state index in [1.165, 1.54) is 12.1 Å². The van der Waals surface area contributed by atoms with Gasteiger partial charge in [0.05, 0.1) is 6.54 Å². The minimum absolute atomic E-state index is 0.346. The van der Waals surface area contributed by atoms with E-state index in [2.05, 4.69) is 15.2 Å². The van der Waals surface area contributed by atoms with Crippen LogP contribution in [-0.2, 0) is 6.54 Å². The summed E-state index contributed by atoms with van der Waals surface area (Å²) < 4.78 is 26.2. The molecule has 0 fully saturated rings. The molecule has 1 heterocycles. The molecule has 2 rings (SSSR count). The lowest BCUT2D eigenvalue weighted by atomic mass is 10.1. The minimum atomic E-state index is -0.600. The summed E-state index contributed by atoms with van der Waals surface area (Å²) in [7, 11) is 1.86. The number of benzene rings is 1. The molecule has 5 nitrogen and oxygen atoms in total. The van der Waals surface area contributed by atoms with Gasteiger partial charge in [-0.2, -0.15) is 5.10 Å². The van der Waals surface area contributed by atoms with Crippen LogP contribution in [0.25, 0.3) is 6.08 Å². The number of likely N-dealkylation sites (N-methyl/N-ethyl adjacent to an activating group) is 1. The molecule has 0 unspecified atom stereocenters. The summed E-state index contributed by atoms with van der Waals surface area (Å²) in [5, 5.41) is 6.11. The Labute approximate surface area is 120 Å². The molecule has 1 aromatic heterocycles. The molecular formula is C14H16F2N4O. The smallest absolute Gasteiger partial charge is 0.295 e. The van der Waals surface area contributed by atoms with Gasteiger partial charge in [-0.3, -0.25) is 9.88 Å². The van der Waals surface area contributed by atoms with E-state index in [1.807, 2.05) is 18.9 Å². The number of hydrogen-bond donors (Lipinski definition) is 2. The zero-order chi connectivity index (χ0) is 15.4. The highest BCUT2D eigenvalue weighted by atomic mass is 19.1. The van der Waals surface area contributed by atoms with E-state index >= 15 is 0 Å². The van der Waals surface area contributed by atoms with Crippen LogP contribution in [0.2, 0.25) is 0 Å². The number of H-pyrrole nitrogens is 2. The summed E-state index contributed by atoms with van der Waals surface area (Å²) in [5.41, 5.74) is 1.06. The van der Waals surface area contributed by atoms with Crippen molar-refractivity contribution in [3.05, 3.63) is 57.3 Å². The lowest BCUT2D eigenvalue weighted by Crippen LogP contribution is -2.21. The lowest BCUT2D eigenvalue weighted by Gasteiger charge is -2.15. The Bertz CT molecular complexity index is 685. The molecule has 0 spiro atoms. The second-order valence-electron chi connectivity index (χ2n) is 4.99. The average molecular weight is 294 g/mol. The molecule has 0 aliphatic heterocycles. The summed E-state index contributed by atoms with van der Waals surface area (Å²) in [6.07, 6.45) is 1.72. The Morgan fingerprint density at radius 2 is 2.00 bits per heavy atom. The van der Waals surface area contributed by atoms with Crippen LogP contribution in [0.4, 0.5) is 8.78 Å². The van der Waals surface area contributed by atoms with E-state index in [0.717, 1.165) is 11.6 Å². The van der Waals surface area contributed by atoms with Crippen LogP contribution in [0.3, 0.4) is 0 Å². The normalized spacial score (nSPS) is 12.1. The Balaban J connectivity index is 2.00. The number of nitrogens with one attached hydrogen (secondary N) is 2. The SMILES string of the molecule is C/C(=C\c1cc(F)cc(F)c1)CN(C)Cc1n[nH]c(=O)[nH]1. The van der Waals surface area contributed by atoms with Crippen LogP contribution in [0.1, 0.15) is 18.3 Å². The van der Waals surface area contributed by atoms with Gasteiger partial charge in [0.2, 0.25) is 0 Å². The summed E-state index contributed by atoms with van der Waals surface area (Å²) >= 11 is 0. The van der Waals surface area contributed by atoms with Gasteiger partial charge in [-0.1, -0.05) is 11.6 Å². The molecule has 0 atom stereocenters. The van der Waals surface area contributed by atoms with Gasteiger partial charge in [0.15, 0.2) is 0 Å². The quantitative estimate of drug-likeness (QED) is 0.885. The van der Waals surface area contributed by atoms with E-state index < -0.39 is 11.6 Å². The first-order valence-corrected chi connectivity index (χ1v) is 6.38. The van der Waals surface area contributed by atoms with Crippen molar-refractivity contribution in [2.75, 3.05) is 13.6 Å². The van der Waals surface area contributed by atoms with Crippen molar-refractivity contribution in [2.45, 2.75) is 13.5 Å². The molecule has 0 radical (unpaired) electrons. The molecule has 2 aromatic rings. The minimum Gasteiger partial charge on any atom is -0.295 e. The monoisotopic (exact) mass is 294 g/mol. The number of aromatic amines is 2. The van der Waals surface area contributed by atoms with Crippen molar-refractivity contribution < 1.29 is 8.78 Å². The van der Waals surface area contributed by atoms with Crippen molar-refractivity contribution in [1.29, 1.82) is 0 Å². The maximum Gasteiger partial charge on any atom is 0.340 e. The molecule has 112 valence electrons. The highest BCUT2D eigenvalue weighted by Crippen LogP contribution is 2.12. The third-order valence-electron chi connectivity index (χ3n) is 2.79. The van der Waals surface area contributed by atoms with Crippen molar-refractivity contribution in [3.8, 4) is 0 Å². The van der Waals surface area contributed by atoms with Gasteiger partial charge in [-0.05, 0) is 31.7 Å². The first-order chi connectivity index (χ1) is 9.92. The van der Waals surface area contributed by atoms with Crippen molar-refractivity contribution in [2.24, 2.45) is 0 Å². The number of hydrogen-bond acceptors (Lipinski definition) is 3. The van der Waals surface area contributed by atoms with E-state index in [4.69, 9.17) is 0 Å². The largest absolute Gasteiger partial charge is 0.340 e. The Morgan fingerprint density at radius 1 is 1.33 bits per heavy atom. The third kappa shape index (κ3) is 4.64. The maximum atomic E-state index is 13.1. The fourth-order valence-electron chi connectivity index (χ4n) is 2.11.